The van der Waals surface area contributed by atoms with E-state index < -0.39 is 17.5 Å². The Balaban J connectivity index is 1.64. The maximum atomic E-state index is 13.3. The highest BCUT2D eigenvalue weighted by Gasteiger charge is 2.40. The number of allylic oxidation sites excluding steroid dienone is 1. The standard InChI is InChI=1S/C18H15F3N4/c1-22-3-2-4-23-10-17-24-8-12(9-25-17)14-7-13(14)11-5-15(19)18(21)16(20)6-11/h2-6,8-9,13-14H,1,7,10H2/b3-2-,23-4?. The average Bonchev–Trinajstić information content (AvgIpc) is 3.40. The van der Waals surface area contributed by atoms with Crippen molar-refractivity contribution in [2.24, 2.45) is 9.98 Å². The van der Waals surface area contributed by atoms with Crippen molar-refractivity contribution in [3.05, 3.63) is 71.2 Å². The van der Waals surface area contributed by atoms with Gasteiger partial charge < -0.3 is 0 Å². The summed E-state index contributed by atoms with van der Waals surface area (Å²) in [5, 5.41) is 0. The van der Waals surface area contributed by atoms with Gasteiger partial charge in [-0.2, -0.15) is 0 Å². The second-order valence-corrected chi connectivity index (χ2v) is 5.69. The smallest absolute Gasteiger partial charge is 0.194 e. The van der Waals surface area contributed by atoms with Gasteiger partial charge in [0, 0.05) is 24.8 Å². The van der Waals surface area contributed by atoms with Crippen LogP contribution in [0.25, 0.3) is 0 Å². The summed E-state index contributed by atoms with van der Waals surface area (Å²) in [7, 11) is 0. The van der Waals surface area contributed by atoms with Gasteiger partial charge in [-0.25, -0.2) is 23.1 Å². The van der Waals surface area contributed by atoms with Crippen LogP contribution in [-0.4, -0.2) is 22.9 Å². The fraction of sp³-hybridized carbons (Fsp3) is 0.222. The number of hydrogen-bond acceptors (Lipinski definition) is 4. The topological polar surface area (TPSA) is 50.5 Å². The molecule has 0 saturated heterocycles. The van der Waals surface area contributed by atoms with Crippen molar-refractivity contribution in [3.8, 4) is 0 Å². The van der Waals surface area contributed by atoms with Gasteiger partial charge in [-0.15, -0.1) is 0 Å². The molecule has 128 valence electrons. The average molecular weight is 344 g/mol. The molecule has 2 unspecified atom stereocenters. The Kier molecular flexibility index (Phi) is 5.02. The molecule has 1 aliphatic carbocycles. The lowest BCUT2D eigenvalue weighted by molar-refractivity contribution is 0.445. The molecular weight excluding hydrogens is 329 g/mol. The molecule has 1 aliphatic rings. The predicted molar refractivity (Wildman–Crippen MR) is 89.3 cm³/mol. The zero-order valence-corrected chi connectivity index (χ0v) is 13.2. The number of benzene rings is 1. The monoisotopic (exact) mass is 344 g/mol. The predicted octanol–water partition coefficient (Wildman–Crippen LogP) is 3.95. The van der Waals surface area contributed by atoms with E-state index in [1.54, 1.807) is 24.7 Å². The van der Waals surface area contributed by atoms with Crippen LogP contribution in [0.3, 0.4) is 0 Å². The quantitative estimate of drug-likeness (QED) is 0.588. The largest absolute Gasteiger partial charge is 0.285 e. The third-order valence-corrected chi connectivity index (χ3v) is 3.99. The summed E-state index contributed by atoms with van der Waals surface area (Å²) in [5.41, 5.74) is 1.34. The van der Waals surface area contributed by atoms with E-state index in [2.05, 4.69) is 26.7 Å². The van der Waals surface area contributed by atoms with Crippen LogP contribution in [-0.2, 0) is 6.54 Å². The first-order valence-electron chi connectivity index (χ1n) is 7.66. The molecule has 1 aromatic heterocycles. The SMILES string of the molecule is C=N/C=C\C=NCc1ncc(C2CC2c2cc(F)c(F)c(F)c2)cn1. The molecule has 2 aromatic rings. The zero-order valence-electron chi connectivity index (χ0n) is 13.2. The second kappa shape index (κ2) is 7.38. The van der Waals surface area contributed by atoms with Crippen molar-refractivity contribution < 1.29 is 13.2 Å². The fourth-order valence-electron chi connectivity index (χ4n) is 2.65. The van der Waals surface area contributed by atoms with Crippen molar-refractivity contribution >= 4 is 12.9 Å². The van der Waals surface area contributed by atoms with Crippen LogP contribution >= 0.6 is 0 Å². The number of halogens is 3. The number of rotatable bonds is 6. The van der Waals surface area contributed by atoms with Gasteiger partial charge >= 0.3 is 0 Å². The summed E-state index contributed by atoms with van der Waals surface area (Å²) in [5.74, 6) is -3.16. The minimum Gasteiger partial charge on any atom is -0.285 e. The van der Waals surface area contributed by atoms with Gasteiger partial charge in [0.05, 0.1) is 6.54 Å². The van der Waals surface area contributed by atoms with Gasteiger partial charge in [-0.3, -0.25) is 9.98 Å². The van der Waals surface area contributed by atoms with Gasteiger partial charge in [0.25, 0.3) is 0 Å². The first-order valence-corrected chi connectivity index (χ1v) is 7.66. The Labute approximate surface area is 142 Å². The number of aliphatic imine (C=N–C) groups is 2. The van der Waals surface area contributed by atoms with Gasteiger partial charge in [0.15, 0.2) is 17.5 Å². The molecule has 25 heavy (non-hydrogen) atoms. The van der Waals surface area contributed by atoms with Crippen LogP contribution in [0.2, 0.25) is 0 Å². The fourth-order valence-corrected chi connectivity index (χ4v) is 2.65. The first kappa shape index (κ1) is 17.0. The van der Waals surface area contributed by atoms with Gasteiger partial charge in [-0.05, 0) is 54.3 Å². The molecule has 0 spiro atoms. The van der Waals surface area contributed by atoms with E-state index in [4.69, 9.17) is 0 Å². The van der Waals surface area contributed by atoms with Crippen LogP contribution in [0, 0.1) is 17.5 Å². The van der Waals surface area contributed by atoms with Crippen LogP contribution in [0.15, 0.2) is 46.8 Å². The maximum absolute atomic E-state index is 13.3. The summed E-state index contributed by atoms with van der Waals surface area (Å²) in [6.45, 7) is 3.64. The summed E-state index contributed by atoms with van der Waals surface area (Å²) < 4.78 is 39.7. The zero-order chi connectivity index (χ0) is 17.8. The summed E-state index contributed by atoms with van der Waals surface area (Å²) >= 11 is 0. The lowest BCUT2D eigenvalue weighted by Gasteiger charge is -2.04. The minimum atomic E-state index is -1.44. The highest BCUT2D eigenvalue weighted by Crippen LogP contribution is 2.54. The Morgan fingerprint density at radius 1 is 1.08 bits per heavy atom. The van der Waals surface area contributed by atoms with Crippen LogP contribution < -0.4 is 0 Å². The third kappa shape index (κ3) is 3.99. The van der Waals surface area contributed by atoms with Crippen molar-refractivity contribution in [1.82, 2.24) is 9.97 Å². The molecule has 0 amide bonds. The van der Waals surface area contributed by atoms with E-state index in [9.17, 15) is 13.2 Å². The minimum absolute atomic E-state index is 0.0476. The highest BCUT2D eigenvalue weighted by molar-refractivity contribution is 5.70. The molecule has 3 rings (SSSR count). The first-order chi connectivity index (χ1) is 12.1. The van der Waals surface area contributed by atoms with Crippen molar-refractivity contribution in [2.45, 2.75) is 24.8 Å². The molecule has 0 N–H and O–H groups in total. The summed E-state index contributed by atoms with van der Waals surface area (Å²) in [6, 6.07) is 2.11. The number of nitrogens with zero attached hydrogens (tertiary/aromatic N) is 4. The molecule has 1 fully saturated rings. The second-order valence-electron chi connectivity index (χ2n) is 5.69. The Hall–Kier alpha value is -2.83. The molecule has 7 heteroatoms. The van der Waals surface area contributed by atoms with E-state index in [0.717, 1.165) is 24.1 Å². The van der Waals surface area contributed by atoms with E-state index in [-0.39, 0.29) is 11.8 Å². The molecule has 1 heterocycles. The van der Waals surface area contributed by atoms with E-state index in [1.165, 1.54) is 6.20 Å². The lowest BCUT2D eigenvalue weighted by atomic mass is 10.1. The van der Waals surface area contributed by atoms with Crippen LogP contribution in [0.1, 0.15) is 35.2 Å². The van der Waals surface area contributed by atoms with Crippen LogP contribution in [0.5, 0.6) is 0 Å². The molecule has 0 aliphatic heterocycles. The van der Waals surface area contributed by atoms with Crippen molar-refractivity contribution in [2.75, 3.05) is 0 Å². The molecule has 0 radical (unpaired) electrons. The normalized spacial score (nSPS) is 19.6. The van der Waals surface area contributed by atoms with Crippen LogP contribution in [0.4, 0.5) is 13.2 Å². The summed E-state index contributed by atoms with van der Waals surface area (Å²) in [4.78, 5) is 16.1. The van der Waals surface area contributed by atoms with Crippen molar-refractivity contribution in [1.29, 1.82) is 0 Å². The number of hydrogen-bond donors (Lipinski definition) is 0. The Bertz CT molecular complexity index is 808. The number of aromatic nitrogens is 2. The van der Waals surface area contributed by atoms with Gasteiger partial charge in [0.2, 0.25) is 0 Å². The lowest BCUT2D eigenvalue weighted by Crippen LogP contribution is -1.97. The molecular formula is C18H15F3N4. The summed E-state index contributed by atoms with van der Waals surface area (Å²) in [6.07, 6.45) is 8.87. The van der Waals surface area contributed by atoms with E-state index >= 15 is 0 Å². The Morgan fingerprint density at radius 3 is 2.36 bits per heavy atom. The highest BCUT2D eigenvalue weighted by atomic mass is 19.2. The van der Waals surface area contributed by atoms with E-state index in [1.807, 2.05) is 0 Å². The molecule has 0 bridgehead atoms. The van der Waals surface area contributed by atoms with Gasteiger partial charge in [0.1, 0.15) is 5.82 Å². The molecule has 1 saturated carbocycles. The maximum Gasteiger partial charge on any atom is 0.194 e. The molecule has 1 aromatic carbocycles. The molecule has 2 atom stereocenters. The Morgan fingerprint density at radius 2 is 1.72 bits per heavy atom. The van der Waals surface area contributed by atoms with E-state index in [0.29, 0.717) is 17.9 Å². The van der Waals surface area contributed by atoms with Gasteiger partial charge in [-0.1, -0.05) is 0 Å². The molecule has 4 nitrogen and oxygen atoms in total. The third-order valence-electron chi connectivity index (χ3n) is 3.99. The van der Waals surface area contributed by atoms with Crippen molar-refractivity contribution in [3.63, 3.8) is 0 Å².